The van der Waals surface area contributed by atoms with Crippen molar-refractivity contribution >= 4 is 17.2 Å². The van der Waals surface area contributed by atoms with Crippen molar-refractivity contribution < 1.29 is 9.18 Å². The molecular weight excluding hydrogens is 371 g/mol. The van der Waals surface area contributed by atoms with Gasteiger partial charge in [-0.15, -0.1) is 0 Å². The number of amides is 1. The van der Waals surface area contributed by atoms with Gasteiger partial charge in [-0.25, -0.2) is 4.39 Å². The topological polar surface area (TPSA) is 34.4 Å². The minimum absolute atomic E-state index is 0.0292. The van der Waals surface area contributed by atoms with Gasteiger partial charge in [0.1, 0.15) is 5.82 Å². The van der Waals surface area contributed by atoms with Crippen LogP contribution in [0, 0.1) is 5.82 Å². The van der Waals surface area contributed by atoms with Crippen LogP contribution in [0.25, 0.3) is 21.7 Å². The van der Waals surface area contributed by atoms with E-state index in [4.69, 9.17) is 0 Å². The minimum Gasteiger partial charge on any atom is -0.319 e. The lowest BCUT2D eigenvalue weighted by Gasteiger charge is -2.07. The molecule has 0 N–H and O–H groups in total. The Labute approximate surface area is 166 Å². The fourth-order valence-corrected chi connectivity index (χ4v) is 4.19. The fourth-order valence-electron chi connectivity index (χ4n) is 3.04. The molecule has 0 aliphatic rings. The zero-order valence-corrected chi connectivity index (χ0v) is 16.0. The smallest absolute Gasteiger partial charge is 0.282 e. The summed E-state index contributed by atoms with van der Waals surface area (Å²) in [7, 11) is 1.87. The summed E-state index contributed by atoms with van der Waals surface area (Å²) in [5.41, 5.74) is 3.01. The second kappa shape index (κ2) is 7.74. The van der Waals surface area contributed by atoms with Gasteiger partial charge in [-0.1, -0.05) is 84.1 Å². The van der Waals surface area contributed by atoms with Crippen molar-refractivity contribution in [1.82, 2.24) is 4.57 Å². The summed E-state index contributed by atoms with van der Waals surface area (Å²) in [6.45, 7) is 0. The highest BCUT2D eigenvalue weighted by Crippen LogP contribution is 2.34. The predicted octanol–water partition coefficient (Wildman–Crippen LogP) is 5.30. The quantitative estimate of drug-likeness (QED) is 0.469. The van der Waals surface area contributed by atoms with E-state index in [2.05, 4.69) is 4.99 Å². The van der Waals surface area contributed by atoms with Crippen molar-refractivity contribution in [2.24, 2.45) is 12.0 Å². The molecule has 3 aromatic carbocycles. The standard InChI is InChI=1S/C23H17FN2OS/c1-26-20(16-10-4-2-5-11-16)21(17-12-6-3-7-13-17)28-23(26)25-22(27)18-14-8-9-15-19(18)24/h2-15H,1H3. The van der Waals surface area contributed by atoms with Crippen LogP contribution in [0.1, 0.15) is 10.4 Å². The Hall–Kier alpha value is -3.31. The molecule has 0 unspecified atom stereocenters. The molecule has 0 fully saturated rings. The third kappa shape index (κ3) is 3.44. The number of aromatic nitrogens is 1. The van der Waals surface area contributed by atoms with Gasteiger partial charge in [0.05, 0.1) is 16.1 Å². The van der Waals surface area contributed by atoms with Gasteiger partial charge < -0.3 is 4.57 Å². The number of benzene rings is 3. The Morgan fingerprint density at radius 1 is 0.857 bits per heavy atom. The van der Waals surface area contributed by atoms with E-state index in [1.165, 1.54) is 23.5 Å². The van der Waals surface area contributed by atoms with E-state index >= 15 is 0 Å². The van der Waals surface area contributed by atoms with Gasteiger partial charge in [0.25, 0.3) is 5.91 Å². The van der Waals surface area contributed by atoms with Gasteiger partial charge >= 0.3 is 0 Å². The summed E-state index contributed by atoms with van der Waals surface area (Å²) in [4.78, 5) is 18.3. The first-order chi connectivity index (χ1) is 13.6. The molecule has 5 heteroatoms. The van der Waals surface area contributed by atoms with E-state index in [1.807, 2.05) is 72.3 Å². The van der Waals surface area contributed by atoms with Crippen molar-refractivity contribution in [1.29, 1.82) is 0 Å². The highest BCUT2D eigenvalue weighted by Gasteiger charge is 2.16. The first-order valence-electron chi connectivity index (χ1n) is 8.79. The number of hydrogen-bond acceptors (Lipinski definition) is 2. The second-order valence-electron chi connectivity index (χ2n) is 6.25. The van der Waals surface area contributed by atoms with Crippen LogP contribution in [0.5, 0.6) is 0 Å². The van der Waals surface area contributed by atoms with Crippen molar-refractivity contribution in [3.05, 3.63) is 101 Å². The summed E-state index contributed by atoms with van der Waals surface area (Å²) < 4.78 is 15.9. The van der Waals surface area contributed by atoms with Crippen LogP contribution in [-0.4, -0.2) is 10.5 Å². The van der Waals surface area contributed by atoms with Crippen LogP contribution in [0.2, 0.25) is 0 Å². The Balaban J connectivity index is 1.92. The van der Waals surface area contributed by atoms with E-state index in [9.17, 15) is 9.18 Å². The van der Waals surface area contributed by atoms with Crippen LogP contribution in [-0.2, 0) is 7.05 Å². The molecule has 4 rings (SSSR count). The number of halogens is 1. The van der Waals surface area contributed by atoms with Gasteiger partial charge in [0, 0.05) is 7.05 Å². The maximum Gasteiger partial charge on any atom is 0.282 e. The molecule has 0 radical (unpaired) electrons. The predicted molar refractivity (Wildman–Crippen MR) is 110 cm³/mol. The van der Waals surface area contributed by atoms with E-state index < -0.39 is 11.7 Å². The Morgan fingerprint density at radius 3 is 2.07 bits per heavy atom. The average molecular weight is 388 g/mol. The van der Waals surface area contributed by atoms with E-state index in [1.54, 1.807) is 12.1 Å². The monoisotopic (exact) mass is 388 g/mol. The molecule has 1 aromatic heterocycles. The summed E-state index contributed by atoms with van der Waals surface area (Å²) in [6, 6.07) is 25.8. The minimum atomic E-state index is -0.589. The normalized spacial score (nSPS) is 11.6. The van der Waals surface area contributed by atoms with Crippen LogP contribution in [0.4, 0.5) is 4.39 Å². The maximum atomic E-state index is 14.0. The second-order valence-corrected chi connectivity index (χ2v) is 7.23. The summed E-state index contributed by atoms with van der Waals surface area (Å²) in [6.07, 6.45) is 0. The zero-order chi connectivity index (χ0) is 19.5. The summed E-state index contributed by atoms with van der Waals surface area (Å²) in [5, 5.41) is 0. The van der Waals surface area contributed by atoms with E-state index in [-0.39, 0.29) is 5.56 Å². The van der Waals surface area contributed by atoms with E-state index in [0.717, 1.165) is 21.7 Å². The van der Waals surface area contributed by atoms with Crippen molar-refractivity contribution in [3.63, 3.8) is 0 Å². The van der Waals surface area contributed by atoms with Crippen LogP contribution >= 0.6 is 11.3 Å². The molecule has 0 aliphatic carbocycles. The first-order valence-corrected chi connectivity index (χ1v) is 9.61. The molecular formula is C23H17FN2OS. The van der Waals surface area contributed by atoms with Crippen LogP contribution in [0.15, 0.2) is 89.9 Å². The number of carbonyl (C=O) groups excluding carboxylic acids is 1. The molecule has 138 valence electrons. The fraction of sp³-hybridized carbons (Fsp3) is 0.0435. The lowest BCUT2D eigenvalue weighted by Crippen LogP contribution is -2.15. The maximum absolute atomic E-state index is 14.0. The van der Waals surface area contributed by atoms with Gasteiger partial charge in [-0.05, 0) is 23.3 Å². The molecule has 28 heavy (non-hydrogen) atoms. The Bertz CT molecular complexity index is 1190. The molecule has 0 saturated carbocycles. The van der Waals surface area contributed by atoms with Crippen molar-refractivity contribution in [2.75, 3.05) is 0 Å². The summed E-state index contributed by atoms with van der Waals surface area (Å²) in [5.74, 6) is -1.16. The number of nitrogens with zero attached hydrogens (tertiary/aromatic N) is 2. The molecule has 0 bridgehead atoms. The number of carbonyl (C=O) groups is 1. The third-order valence-corrected chi connectivity index (χ3v) is 5.60. The molecule has 0 atom stereocenters. The van der Waals surface area contributed by atoms with E-state index in [0.29, 0.717) is 4.80 Å². The third-order valence-electron chi connectivity index (χ3n) is 4.42. The highest BCUT2D eigenvalue weighted by atomic mass is 32.1. The van der Waals surface area contributed by atoms with Gasteiger partial charge in [-0.3, -0.25) is 4.79 Å². The molecule has 0 aliphatic heterocycles. The van der Waals surface area contributed by atoms with Crippen LogP contribution < -0.4 is 4.80 Å². The molecule has 3 nitrogen and oxygen atoms in total. The molecule has 1 amide bonds. The van der Waals surface area contributed by atoms with Crippen LogP contribution in [0.3, 0.4) is 0 Å². The molecule has 1 heterocycles. The highest BCUT2D eigenvalue weighted by molar-refractivity contribution is 7.13. The molecule has 4 aromatic rings. The van der Waals surface area contributed by atoms with Gasteiger partial charge in [0.15, 0.2) is 4.80 Å². The lowest BCUT2D eigenvalue weighted by atomic mass is 10.1. The number of thiazole rings is 1. The zero-order valence-electron chi connectivity index (χ0n) is 15.2. The largest absolute Gasteiger partial charge is 0.319 e. The van der Waals surface area contributed by atoms with Gasteiger partial charge in [0.2, 0.25) is 0 Å². The Kier molecular flexibility index (Phi) is 5.00. The van der Waals surface area contributed by atoms with Gasteiger partial charge in [-0.2, -0.15) is 4.99 Å². The molecule has 0 spiro atoms. The lowest BCUT2D eigenvalue weighted by molar-refractivity contribution is 0.0994. The van der Waals surface area contributed by atoms with Crippen molar-refractivity contribution in [3.8, 4) is 21.7 Å². The van der Waals surface area contributed by atoms with Crippen molar-refractivity contribution in [2.45, 2.75) is 0 Å². The number of hydrogen-bond donors (Lipinski definition) is 0. The molecule has 0 saturated heterocycles. The first kappa shape index (κ1) is 18.1. The summed E-state index contributed by atoms with van der Waals surface area (Å²) >= 11 is 1.42. The SMILES string of the molecule is Cn1c(-c2ccccc2)c(-c2ccccc2)sc1=NC(=O)c1ccccc1F. The average Bonchev–Trinajstić information content (AvgIpc) is 3.05. The number of rotatable bonds is 3. The Morgan fingerprint density at radius 2 is 1.43 bits per heavy atom.